The molecule has 1 unspecified atom stereocenters. The number of amides is 1. The van der Waals surface area contributed by atoms with Crippen molar-refractivity contribution in [2.45, 2.75) is 13.3 Å². The molecule has 92 valence electrons. The summed E-state index contributed by atoms with van der Waals surface area (Å²) in [7, 11) is 0. The molecule has 0 spiro atoms. The molecule has 0 aliphatic carbocycles. The summed E-state index contributed by atoms with van der Waals surface area (Å²) in [6, 6.07) is 4.17. The van der Waals surface area contributed by atoms with Crippen molar-refractivity contribution in [1.29, 1.82) is 0 Å². The maximum atomic E-state index is 13.0. The van der Waals surface area contributed by atoms with Crippen molar-refractivity contribution in [2.75, 3.05) is 18.4 Å². The van der Waals surface area contributed by atoms with Crippen LogP contribution in [0.15, 0.2) is 18.2 Å². The lowest BCUT2D eigenvalue weighted by Gasteiger charge is -2.21. The van der Waals surface area contributed by atoms with Crippen molar-refractivity contribution in [3.05, 3.63) is 29.0 Å². The SMILES string of the molecule is CC1(C(=O)Nc2ccc(F)c(Cl)c2)CCNC1. The van der Waals surface area contributed by atoms with Crippen molar-refractivity contribution in [2.24, 2.45) is 5.41 Å². The molecule has 2 rings (SSSR count). The van der Waals surface area contributed by atoms with Crippen LogP contribution in [-0.2, 0) is 4.79 Å². The number of carbonyl (C=O) groups excluding carboxylic acids is 1. The Labute approximate surface area is 104 Å². The molecule has 1 aliphatic rings. The predicted molar refractivity (Wildman–Crippen MR) is 65.6 cm³/mol. The van der Waals surface area contributed by atoms with Crippen LogP contribution in [-0.4, -0.2) is 19.0 Å². The van der Waals surface area contributed by atoms with Gasteiger partial charge in [-0.05, 0) is 38.1 Å². The van der Waals surface area contributed by atoms with Crippen molar-refractivity contribution in [3.63, 3.8) is 0 Å². The first-order chi connectivity index (χ1) is 8.01. The van der Waals surface area contributed by atoms with Gasteiger partial charge in [0.25, 0.3) is 0 Å². The fraction of sp³-hybridized carbons (Fsp3) is 0.417. The average Bonchev–Trinajstić information content (AvgIpc) is 2.72. The standard InChI is InChI=1S/C12H14ClFN2O/c1-12(4-5-15-7-12)11(17)16-8-2-3-10(14)9(13)6-8/h2-3,6,15H,4-5,7H2,1H3,(H,16,17). The highest BCUT2D eigenvalue weighted by atomic mass is 35.5. The first-order valence-electron chi connectivity index (χ1n) is 5.48. The molecule has 1 amide bonds. The third-order valence-electron chi connectivity index (χ3n) is 3.09. The maximum absolute atomic E-state index is 13.0. The second-order valence-corrected chi connectivity index (χ2v) is 4.98. The van der Waals surface area contributed by atoms with E-state index in [1.165, 1.54) is 18.2 Å². The summed E-state index contributed by atoms with van der Waals surface area (Å²) in [6.45, 7) is 3.41. The molecule has 3 nitrogen and oxygen atoms in total. The van der Waals surface area contributed by atoms with E-state index in [-0.39, 0.29) is 10.9 Å². The van der Waals surface area contributed by atoms with Crippen LogP contribution in [0.2, 0.25) is 5.02 Å². The average molecular weight is 257 g/mol. The highest BCUT2D eigenvalue weighted by Crippen LogP contribution is 2.27. The summed E-state index contributed by atoms with van der Waals surface area (Å²) in [5.74, 6) is -0.552. The van der Waals surface area contributed by atoms with Gasteiger partial charge in [-0.3, -0.25) is 4.79 Å². The third kappa shape index (κ3) is 2.58. The van der Waals surface area contributed by atoms with Crippen LogP contribution in [0.5, 0.6) is 0 Å². The maximum Gasteiger partial charge on any atom is 0.231 e. The zero-order valence-corrected chi connectivity index (χ0v) is 10.3. The normalized spacial score (nSPS) is 23.7. The molecule has 5 heteroatoms. The first-order valence-corrected chi connectivity index (χ1v) is 5.86. The van der Waals surface area contributed by atoms with Crippen LogP contribution in [0.3, 0.4) is 0 Å². The van der Waals surface area contributed by atoms with Gasteiger partial charge in [-0.1, -0.05) is 11.6 Å². The minimum absolute atomic E-state index is 0.0116. The van der Waals surface area contributed by atoms with Gasteiger partial charge >= 0.3 is 0 Å². The lowest BCUT2D eigenvalue weighted by Crippen LogP contribution is -2.35. The zero-order valence-electron chi connectivity index (χ0n) is 9.52. The third-order valence-corrected chi connectivity index (χ3v) is 3.38. The number of carbonyl (C=O) groups is 1. The number of hydrogen-bond acceptors (Lipinski definition) is 2. The molecule has 0 bridgehead atoms. The van der Waals surface area contributed by atoms with Gasteiger partial charge < -0.3 is 10.6 Å². The molecule has 0 radical (unpaired) electrons. The number of nitrogens with one attached hydrogen (secondary N) is 2. The summed E-state index contributed by atoms with van der Waals surface area (Å²) >= 11 is 5.65. The second kappa shape index (κ2) is 4.63. The van der Waals surface area contributed by atoms with E-state index < -0.39 is 11.2 Å². The summed E-state index contributed by atoms with van der Waals surface area (Å²) < 4.78 is 13.0. The number of halogens is 2. The van der Waals surface area contributed by atoms with Crippen LogP contribution < -0.4 is 10.6 Å². The zero-order chi connectivity index (χ0) is 12.5. The van der Waals surface area contributed by atoms with Gasteiger partial charge in [0.2, 0.25) is 5.91 Å². The monoisotopic (exact) mass is 256 g/mol. The van der Waals surface area contributed by atoms with Crippen LogP contribution in [0.25, 0.3) is 0 Å². The fourth-order valence-electron chi connectivity index (χ4n) is 1.87. The lowest BCUT2D eigenvalue weighted by molar-refractivity contribution is -0.123. The largest absolute Gasteiger partial charge is 0.326 e. The molecule has 1 heterocycles. The van der Waals surface area contributed by atoms with Crippen LogP contribution >= 0.6 is 11.6 Å². The molecule has 1 atom stereocenters. The van der Waals surface area contributed by atoms with Crippen molar-refractivity contribution < 1.29 is 9.18 Å². The number of anilines is 1. The summed E-state index contributed by atoms with van der Waals surface area (Å²) in [4.78, 5) is 12.0. The van der Waals surface area contributed by atoms with E-state index in [4.69, 9.17) is 11.6 Å². The highest BCUT2D eigenvalue weighted by molar-refractivity contribution is 6.31. The Kier molecular flexibility index (Phi) is 3.35. The Morgan fingerprint density at radius 1 is 1.59 bits per heavy atom. The van der Waals surface area contributed by atoms with Crippen LogP contribution in [0.4, 0.5) is 10.1 Å². The molecule has 1 aromatic carbocycles. The van der Waals surface area contributed by atoms with Gasteiger partial charge in [0.15, 0.2) is 0 Å². The van der Waals surface area contributed by atoms with E-state index in [1.54, 1.807) is 0 Å². The smallest absolute Gasteiger partial charge is 0.231 e. The van der Waals surface area contributed by atoms with E-state index in [0.29, 0.717) is 12.2 Å². The van der Waals surface area contributed by atoms with Gasteiger partial charge in [0.1, 0.15) is 5.82 Å². The highest BCUT2D eigenvalue weighted by Gasteiger charge is 2.36. The summed E-state index contributed by atoms with van der Waals surface area (Å²) in [5, 5.41) is 5.93. The van der Waals surface area contributed by atoms with Gasteiger partial charge in [0.05, 0.1) is 10.4 Å². The first kappa shape index (κ1) is 12.3. The van der Waals surface area contributed by atoms with E-state index in [2.05, 4.69) is 10.6 Å². The van der Waals surface area contributed by atoms with Crippen LogP contribution in [0, 0.1) is 11.2 Å². The van der Waals surface area contributed by atoms with E-state index in [9.17, 15) is 9.18 Å². The Balaban J connectivity index is 2.10. The van der Waals surface area contributed by atoms with Gasteiger partial charge in [0, 0.05) is 12.2 Å². The quantitative estimate of drug-likeness (QED) is 0.853. The number of benzene rings is 1. The molecule has 2 N–H and O–H groups in total. The molecule has 1 aliphatic heterocycles. The Morgan fingerprint density at radius 3 is 2.94 bits per heavy atom. The minimum Gasteiger partial charge on any atom is -0.326 e. The molecule has 17 heavy (non-hydrogen) atoms. The van der Waals surface area contributed by atoms with Crippen molar-refractivity contribution >= 4 is 23.2 Å². The number of rotatable bonds is 2. The van der Waals surface area contributed by atoms with E-state index >= 15 is 0 Å². The molecular formula is C12H14ClFN2O. The lowest BCUT2D eigenvalue weighted by atomic mass is 9.89. The topological polar surface area (TPSA) is 41.1 Å². The van der Waals surface area contributed by atoms with E-state index in [0.717, 1.165) is 13.0 Å². The summed E-state index contributed by atoms with van der Waals surface area (Å²) in [6.07, 6.45) is 0.799. The van der Waals surface area contributed by atoms with E-state index in [1.807, 2.05) is 6.92 Å². The number of hydrogen-bond donors (Lipinski definition) is 2. The molecule has 1 fully saturated rings. The Morgan fingerprint density at radius 2 is 2.35 bits per heavy atom. The molecule has 1 aromatic rings. The van der Waals surface area contributed by atoms with Gasteiger partial charge in [-0.2, -0.15) is 0 Å². The van der Waals surface area contributed by atoms with Crippen molar-refractivity contribution in [3.8, 4) is 0 Å². The molecule has 1 saturated heterocycles. The van der Waals surface area contributed by atoms with Gasteiger partial charge in [-0.25, -0.2) is 4.39 Å². The minimum atomic E-state index is -0.488. The predicted octanol–water partition coefficient (Wildman–Crippen LogP) is 2.42. The Hall–Kier alpha value is -1.13. The second-order valence-electron chi connectivity index (χ2n) is 4.57. The molecule has 0 saturated carbocycles. The summed E-state index contributed by atoms with van der Waals surface area (Å²) in [5.41, 5.74) is 0.121. The molecule has 0 aromatic heterocycles. The Bertz CT molecular complexity index is 444. The van der Waals surface area contributed by atoms with Crippen LogP contribution in [0.1, 0.15) is 13.3 Å². The van der Waals surface area contributed by atoms with Gasteiger partial charge in [-0.15, -0.1) is 0 Å². The molecular weight excluding hydrogens is 243 g/mol. The fourth-order valence-corrected chi connectivity index (χ4v) is 2.05. The van der Waals surface area contributed by atoms with Crippen molar-refractivity contribution in [1.82, 2.24) is 5.32 Å².